The SMILES string of the molecule is CCN1C(N)=NCC1(CC(C)C)CC(C)C. The Bertz CT molecular complexity index is 246. The molecule has 3 heteroatoms. The van der Waals surface area contributed by atoms with E-state index >= 15 is 0 Å². The Kier molecular flexibility index (Phi) is 4.22. The summed E-state index contributed by atoms with van der Waals surface area (Å²) >= 11 is 0. The molecule has 0 fully saturated rings. The average Bonchev–Trinajstić information content (AvgIpc) is 2.40. The Morgan fingerprint density at radius 2 is 1.75 bits per heavy atom. The Labute approximate surface area is 100 Å². The number of guanidine groups is 1. The van der Waals surface area contributed by atoms with Crippen LogP contribution in [0.3, 0.4) is 0 Å². The van der Waals surface area contributed by atoms with Gasteiger partial charge in [-0.05, 0) is 31.6 Å². The highest BCUT2D eigenvalue weighted by Crippen LogP contribution is 2.34. The maximum absolute atomic E-state index is 5.99. The molecule has 94 valence electrons. The fourth-order valence-electron chi connectivity index (χ4n) is 3.09. The summed E-state index contributed by atoms with van der Waals surface area (Å²) in [6, 6.07) is 0. The van der Waals surface area contributed by atoms with Gasteiger partial charge in [0.2, 0.25) is 0 Å². The molecule has 16 heavy (non-hydrogen) atoms. The molecule has 0 bridgehead atoms. The standard InChI is InChI=1S/C13H27N3/c1-6-16-12(14)15-9-13(16,7-10(2)3)8-11(4)5/h10-11H,6-9H2,1-5H3,(H2,14,15). The molecule has 0 saturated carbocycles. The third-order valence-electron chi connectivity index (χ3n) is 3.28. The molecule has 0 aliphatic carbocycles. The summed E-state index contributed by atoms with van der Waals surface area (Å²) in [7, 11) is 0. The van der Waals surface area contributed by atoms with Gasteiger partial charge < -0.3 is 10.6 Å². The molecule has 0 spiro atoms. The van der Waals surface area contributed by atoms with E-state index in [1.807, 2.05) is 0 Å². The lowest BCUT2D eigenvalue weighted by atomic mass is 9.81. The molecule has 2 N–H and O–H groups in total. The van der Waals surface area contributed by atoms with Gasteiger partial charge in [-0.25, -0.2) is 0 Å². The highest BCUT2D eigenvalue weighted by atomic mass is 15.4. The summed E-state index contributed by atoms with van der Waals surface area (Å²) in [6.45, 7) is 13.1. The number of rotatable bonds is 5. The third kappa shape index (κ3) is 2.69. The Balaban J connectivity index is 2.87. The largest absolute Gasteiger partial charge is 0.370 e. The predicted octanol–water partition coefficient (Wildman–Crippen LogP) is 2.47. The number of nitrogens with two attached hydrogens (primary N) is 1. The van der Waals surface area contributed by atoms with E-state index in [1.165, 1.54) is 12.8 Å². The normalized spacial score (nSPS) is 19.7. The molecular weight excluding hydrogens is 198 g/mol. The van der Waals surface area contributed by atoms with E-state index in [1.54, 1.807) is 0 Å². The summed E-state index contributed by atoms with van der Waals surface area (Å²) in [5, 5.41) is 0. The van der Waals surface area contributed by atoms with Crippen molar-refractivity contribution in [3.63, 3.8) is 0 Å². The van der Waals surface area contributed by atoms with Crippen LogP contribution < -0.4 is 5.73 Å². The van der Waals surface area contributed by atoms with Crippen LogP contribution in [0, 0.1) is 11.8 Å². The van der Waals surface area contributed by atoms with E-state index < -0.39 is 0 Å². The van der Waals surface area contributed by atoms with Gasteiger partial charge in [0.05, 0.1) is 12.1 Å². The van der Waals surface area contributed by atoms with E-state index in [-0.39, 0.29) is 5.54 Å². The van der Waals surface area contributed by atoms with Crippen LogP contribution in [0.5, 0.6) is 0 Å². The number of aliphatic imine (C=N–C) groups is 1. The van der Waals surface area contributed by atoms with Gasteiger partial charge >= 0.3 is 0 Å². The molecule has 1 aliphatic heterocycles. The van der Waals surface area contributed by atoms with Crippen molar-refractivity contribution in [2.45, 2.75) is 53.0 Å². The first-order valence-electron chi connectivity index (χ1n) is 6.49. The molecule has 0 amide bonds. The average molecular weight is 225 g/mol. The zero-order chi connectivity index (χ0) is 12.3. The minimum absolute atomic E-state index is 0.182. The molecule has 0 aromatic rings. The van der Waals surface area contributed by atoms with Gasteiger partial charge in [-0.2, -0.15) is 0 Å². The summed E-state index contributed by atoms with van der Waals surface area (Å²) in [5.74, 6) is 2.12. The highest BCUT2D eigenvalue weighted by molar-refractivity contribution is 5.81. The van der Waals surface area contributed by atoms with Crippen LogP contribution in [0.1, 0.15) is 47.5 Å². The lowest BCUT2D eigenvalue weighted by Gasteiger charge is -2.41. The van der Waals surface area contributed by atoms with Crippen LogP contribution in [0.4, 0.5) is 0 Å². The van der Waals surface area contributed by atoms with Gasteiger partial charge in [0.15, 0.2) is 5.96 Å². The number of nitrogens with zero attached hydrogens (tertiary/aromatic N) is 2. The van der Waals surface area contributed by atoms with Crippen LogP contribution in [-0.4, -0.2) is 29.5 Å². The summed E-state index contributed by atoms with van der Waals surface area (Å²) in [6.07, 6.45) is 2.37. The van der Waals surface area contributed by atoms with Crippen molar-refractivity contribution in [1.82, 2.24) is 4.90 Å². The molecule has 0 aromatic carbocycles. The highest BCUT2D eigenvalue weighted by Gasteiger charge is 2.41. The van der Waals surface area contributed by atoms with Crippen molar-refractivity contribution in [2.75, 3.05) is 13.1 Å². The number of hydrogen-bond donors (Lipinski definition) is 1. The van der Waals surface area contributed by atoms with Crippen molar-refractivity contribution in [3.8, 4) is 0 Å². The van der Waals surface area contributed by atoms with Gasteiger partial charge in [0, 0.05) is 6.54 Å². The van der Waals surface area contributed by atoms with Gasteiger partial charge in [-0.1, -0.05) is 27.7 Å². The summed E-state index contributed by atoms with van der Waals surface area (Å²) in [4.78, 5) is 6.78. The second kappa shape index (κ2) is 5.07. The van der Waals surface area contributed by atoms with Gasteiger partial charge in [0.25, 0.3) is 0 Å². The fourth-order valence-corrected chi connectivity index (χ4v) is 3.09. The smallest absolute Gasteiger partial charge is 0.191 e. The van der Waals surface area contributed by atoms with Gasteiger partial charge in [-0.15, -0.1) is 0 Å². The lowest BCUT2D eigenvalue weighted by Crippen LogP contribution is -2.52. The van der Waals surface area contributed by atoms with Crippen LogP contribution in [0.25, 0.3) is 0 Å². The first-order chi connectivity index (χ1) is 7.41. The maximum Gasteiger partial charge on any atom is 0.191 e. The van der Waals surface area contributed by atoms with Crippen molar-refractivity contribution < 1.29 is 0 Å². The van der Waals surface area contributed by atoms with E-state index in [9.17, 15) is 0 Å². The quantitative estimate of drug-likeness (QED) is 0.781. The molecule has 0 radical (unpaired) electrons. The van der Waals surface area contributed by atoms with Crippen LogP contribution in [-0.2, 0) is 0 Å². The molecule has 0 unspecified atom stereocenters. The maximum atomic E-state index is 5.99. The Hall–Kier alpha value is -0.730. The second-order valence-electron chi connectivity index (χ2n) is 5.84. The molecule has 1 heterocycles. The van der Waals surface area contributed by atoms with Crippen molar-refractivity contribution in [2.24, 2.45) is 22.6 Å². The van der Waals surface area contributed by atoms with Gasteiger partial charge in [-0.3, -0.25) is 4.99 Å². The Morgan fingerprint density at radius 1 is 1.25 bits per heavy atom. The monoisotopic (exact) mass is 225 g/mol. The second-order valence-corrected chi connectivity index (χ2v) is 5.84. The molecule has 3 nitrogen and oxygen atoms in total. The van der Waals surface area contributed by atoms with Crippen LogP contribution in [0.15, 0.2) is 4.99 Å². The molecular formula is C13H27N3. The van der Waals surface area contributed by atoms with Crippen molar-refractivity contribution >= 4 is 5.96 Å². The van der Waals surface area contributed by atoms with E-state index in [2.05, 4.69) is 44.5 Å². The molecule has 0 aromatic heterocycles. The Morgan fingerprint density at radius 3 is 2.12 bits per heavy atom. The summed E-state index contributed by atoms with van der Waals surface area (Å²) in [5.41, 5.74) is 6.17. The fraction of sp³-hybridized carbons (Fsp3) is 0.923. The zero-order valence-corrected chi connectivity index (χ0v) is 11.5. The zero-order valence-electron chi connectivity index (χ0n) is 11.5. The minimum atomic E-state index is 0.182. The minimum Gasteiger partial charge on any atom is -0.370 e. The summed E-state index contributed by atoms with van der Waals surface area (Å²) < 4.78 is 0. The number of hydrogen-bond acceptors (Lipinski definition) is 3. The third-order valence-corrected chi connectivity index (χ3v) is 3.28. The van der Waals surface area contributed by atoms with Crippen molar-refractivity contribution in [1.29, 1.82) is 0 Å². The lowest BCUT2D eigenvalue weighted by molar-refractivity contribution is 0.141. The van der Waals surface area contributed by atoms with E-state index in [0.29, 0.717) is 11.8 Å². The molecule has 0 saturated heterocycles. The number of likely N-dealkylation sites (N-methyl/N-ethyl adjacent to an activating group) is 1. The van der Waals surface area contributed by atoms with E-state index in [0.717, 1.165) is 19.0 Å². The van der Waals surface area contributed by atoms with E-state index in [4.69, 9.17) is 5.73 Å². The molecule has 0 atom stereocenters. The molecule has 1 rings (SSSR count). The predicted molar refractivity (Wildman–Crippen MR) is 70.5 cm³/mol. The first-order valence-corrected chi connectivity index (χ1v) is 6.49. The van der Waals surface area contributed by atoms with Crippen molar-refractivity contribution in [3.05, 3.63) is 0 Å². The van der Waals surface area contributed by atoms with Crippen LogP contribution >= 0.6 is 0 Å². The topological polar surface area (TPSA) is 41.6 Å². The van der Waals surface area contributed by atoms with Crippen LogP contribution in [0.2, 0.25) is 0 Å². The molecule has 1 aliphatic rings. The van der Waals surface area contributed by atoms with Gasteiger partial charge in [0.1, 0.15) is 0 Å². The first kappa shape index (κ1) is 13.3.